The van der Waals surface area contributed by atoms with Crippen LogP contribution in [0.3, 0.4) is 0 Å². The zero-order chi connectivity index (χ0) is 27.7. The van der Waals surface area contributed by atoms with Gasteiger partial charge in [-0.2, -0.15) is 11.8 Å². The van der Waals surface area contributed by atoms with E-state index in [-0.39, 0.29) is 11.3 Å². The Morgan fingerprint density at radius 1 is 1.11 bits per heavy atom. The molecule has 0 heterocycles. The number of ether oxygens (including phenoxy) is 1. The first-order chi connectivity index (χ1) is 18.2. The van der Waals surface area contributed by atoms with Crippen molar-refractivity contribution in [3.05, 3.63) is 59.2 Å². The van der Waals surface area contributed by atoms with Crippen molar-refractivity contribution in [3.8, 4) is 11.1 Å². The van der Waals surface area contributed by atoms with Crippen molar-refractivity contribution in [3.63, 3.8) is 0 Å². The summed E-state index contributed by atoms with van der Waals surface area (Å²) in [5, 5.41) is 2.94. The minimum absolute atomic E-state index is 0.252. The lowest BCUT2D eigenvalue weighted by atomic mass is 9.71. The fraction of sp³-hybridized carbons (Fsp3) is 0.562. The molecule has 0 bridgehead atoms. The SMILES string of the molecule is COC(=O)C(CCSC)NC(=O)c1ccc(CN(C)CC(C)(C)C2CCCCC2)cc1-c1ccccc1C. The van der Waals surface area contributed by atoms with Crippen molar-refractivity contribution in [2.45, 2.75) is 71.9 Å². The molecule has 3 rings (SSSR count). The van der Waals surface area contributed by atoms with Crippen LogP contribution in [0.5, 0.6) is 0 Å². The molecule has 1 amide bonds. The number of thioether (sulfide) groups is 1. The summed E-state index contributed by atoms with van der Waals surface area (Å²) < 4.78 is 4.96. The summed E-state index contributed by atoms with van der Waals surface area (Å²) in [5.74, 6) is 0.871. The summed E-state index contributed by atoms with van der Waals surface area (Å²) in [7, 11) is 3.56. The van der Waals surface area contributed by atoms with Crippen molar-refractivity contribution in [1.82, 2.24) is 10.2 Å². The zero-order valence-electron chi connectivity index (χ0n) is 24.1. The van der Waals surface area contributed by atoms with E-state index >= 15 is 0 Å². The Morgan fingerprint density at radius 3 is 2.47 bits per heavy atom. The molecule has 1 aliphatic carbocycles. The van der Waals surface area contributed by atoms with Crippen molar-refractivity contribution < 1.29 is 14.3 Å². The number of carbonyl (C=O) groups excluding carboxylic acids is 2. The van der Waals surface area contributed by atoms with Gasteiger partial charge in [-0.05, 0) is 91.0 Å². The fourth-order valence-electron chi connectivity index (χ4n) is 5.93. The van der Waals surface area contributed by atoms with Gasteiger partial charge in [-0.3, -0.25) is 4.79 Å². The molecule has 0 aliphatic heterocycles. The van der Waals surface area contributed by atoms with Crippen LogP contribution >= 0.6 is 11.8 Å². The average Bonchev–Trinajstić information content (AvgIpc) is 2.90. The van der Waals surface area contributed by atoms with Crippen LogP contribution in [-0.2, 0) is 16.1 Å². The van der Waals surface area contributed by atoms with Crippen LogP contribution in [0.1, 0.15) is 73.9 Å². The molecule has 1 fully saturated rings. The Bertz CT molecular complexity index is 1080. The first-order valence-electron chi connectivity index (χ1n) is 13.9. The molecule has 2 aromatic rings. The molecule has 6 heteroatoms. The van der Waals surface area contributed by atoms with Crippen LogP contribution in [0.4, 0.5) is 0 Å². The molecule has 0 aromatic heterocycles. The number of amides is 1. The molecular weight excluding hydrogens is 492 g/mol. The highest BCUT2D eigenvalue weighted by Gasteiger charge is 2.31. The molecule has 5 nitrogen and oxygen atoms in total. The van der Waals surface area contributed by atoms with Gasteiger partial charge in [0.05, 0.1) is 7.11 Å². The van der Waals surface area contributed by atoms with Gasteiger partial charge in [0.1, 0.15) is 6.04 Å². The molecule has 208 valence electrons. The third-order valence-corrected chi connectivity index (χ3v) is 8.65. The third kappa shape index (κ3) is 8.09. The van der Waals surface area contributed by atoms with E-state index in [0.29, 0.717) is 12.0 Å². The minimum Gasteiger partial charge on any atom is -0.467 e. The molecule has 0 saturated heterocycles. The first kappa shape index (κ1) is 30.2. The maximum absolute atomic E-state index is 13.5. The summed E-state index contributed by atoms with van der Waals surface area (Å²) in [6, 6.07) is 13.6. The van der Waals surface area contributed by atoms with Crippen molar-refractivity contribution in [2.24, 2.45) is 11.3 Å². The van der Waals surface area contributed by atoms with E-state index in [2.05, 4.69) is 62.3 Å². The Kier molecular flexibility index (Phi) is 11.3. The molecule has 0 spiro atoms. The monoisotopic (exact) mass is 538 g/mol. The van der Waals surface area contributed by atoms with Gasteiger partial charge in [-0.25, -0.2) is 4.79 Å². The van der Waals surface area contributed by atoms with Crippen LogP contribution in [0, 0.1) is 18.3 Å². The minimum atomic E-state index is -0.669. The number of benzene rings is 2. The van der Waals surface area contributed by atoms with Gasteiger partial charge in [0, 0.05) is 18.7 Å². The molecule has 0 radical (unpaired) electrons. The Labute approximate surface area is 234 Å². The standard InChI is InChI=1S/C32H46N2O3S/c1-23-12-10-11-15-26(23)28-20-24(21-34(4)22-32(2,3)25-13-8-7-9-14-25)16-17-27(28)30(35)33-29(18-19-38-6)31(36)37-5/h10-12,15-17,20,25,29H,7-9,13-14,18-19,21-22H2,1-6H3,(H,33,35). The number of nitrogens with one attached hydrogen (secondary N) is 1. The third-order valence-electron chi connectivity index (χ3n) is 8.01. The second-order valence-corrected chi connectivity index (χ2v) is 12.5. The van der Waals surface area contributed by atoms with Gasteiger partial charge in [-0.15, -0.1) is 0 Å². The van der Waals surface area contributed by atoms with Gasteiger partial charge >= 0.3 is 5.97 Å². The molecule has 1 N–H and O–H groups in total. The molecule has 1 unspecified atom stereocenters. The maximum Gasteiger partial charge on any atom is 0.328 e. The van der Waals surface area contributed by atoms with E-state index in [1.54, 1.807) is 11.8 Å². The predicted molar refractivity (Wildman–Crippen MR) is 160 cm³/mol. The van der Waals surface area contributed by atoms with Crippen LogP contribution in [0.2, 0.25) is 0 Å². The van der Waals surface area contributed by atoms with E-state index in [4.69, 9.17) is 4.74 Å². The smallest absolute Gasteiger partial charge is 0.328 e. The van der Waals surface area contributed by atoms with E-state index in [9.17, 15) is 9.59 Å². The Balaban J connectivity index is 1.85. The van der Waals surface area contributed by atoms with Gasteiger partial charge in [0.15, 0.2) is 0 Å². The van der Waals surface area contributed by atoms with Gasteiger partial charge in [-0.1, -0.05) is 63.4 Å². The highest BCUT2D eigenvalue weighted by molar-refractivity contribution is 7.98. The lowest BCUT2D eigenvalue weighted by Gasteiger charge is -2.39. The maximum atomic E-state index is 13.5. The summed E-state index contributed by atoms with van der Waals surface area (Å²) in [6.07, 6.45) is 9.28. The van der Waals surface area contributed by atoms with Crippen LogP contribution < -0.4 is 5.32 Å². The lowest BCUT2D eigenvalue weighted by Crippen LogP contribution is -2.42. The van der Waals surface area contributed by atoms with Crippen molar-refractivity contribution in [2.75, 3.05) is 32.7 Å². The van der Waals surface area contributed by atoms with E-state index in [1.165, 1.54) is 44.8 Å². The lowest BCUT2D eigenvalue weighted by molar-refractivity contribution is -0.142. The zero-order valence-corrected chi connectivity index (χ0v) is 25.0. The highest BCUT2D eigenvalue weighted by atomic mass is 32.2. The Morgan fingerprint density at radius 2 is 1.82 bits per heavy atom. The molecule has 1 aliphatic rings. The van der Waals surface area contributed by atoms with Gasteiger partial charge in [0.2, 0.25) is 0 Å². The average molecular weight is 539 g/mol. The number of esters is 1. The Hall–Kier alpha value is -2.31. The molecule has 1 atom stereocenters. The number of hydrogen-bond donors (Lipinski definition) is 1. The predicted octanol–water partition coefficient (Wildman–Crippen LogP) is 6.72. The highest BCUT2D eigenvalue weighted by Crippen LogP contribution is 2.39. The van der Waals surface area contributed by atoms with Crippen molar-refractivity contribution >= 4 is 23.6 Å². The second kappa shape index (κ2) is 14.2. The van der Waals surface area contributed by atoms with E-state index in [0.717, 1.165) is 41.5 Å². The number of nitrogens with zero attached hydrogens (tertiary/aromatic N) is 1. The van der Waals surface area contributed by atoms with E-state index in [1.807, 2.05) is 24.5 Å². The molecular formula is C32H46N2O3S. The topological polar surface area (TPSA) is 58.6 Å². The normalized spacial score (nSPS) is 15.3. The largest absolute Gasteiger partial charge is 0.467 e. The number of rotatable bonds is 12. The summed E-state index contributed by atoms with van der Waals surface area (Å²) >= 11 is 1.64. The fourth-order valence-corrected chi connectivity index (χ4v) is 6.40. The molecule has 38 heavy (non-hydrogen) atoms. The quantitative estimate of drug-likeness (QED) is 0.304. The van der Waals surface area contributed by atoms with Crippen LogP contribution in [0.25, 0.3) is 11.1 Å². The number of carbonyl (C=O) groups is 2. The van der Waals surface area contributed by atoms with Gasteiger partial charge < -0.3 is 15.0 Å². The number of aryl methyl sites for hydroxylation is 1. The first-order valence-corrected chi connectivity index (χ1v) is 15.3. The number of methoxy groups -OCH3 is 1. The van der Waals surface area contributed by atoms with E-state index < -0.39 is 12.0 Å². The molecule has 1 saturated carbocycles. The summed E-state index contributed by atoms with van der Waals surface area (Å²) in [4.78, 5) is 28.3. The van der Waals surface area contributed by atoms with Crippen LogP contribution in [0.15, 0.2) is 42.5 Å². The van der Waals surface area contributed by atoms with Crippen LogP contribution in [-0.4, -0.2) is 55.5 Å². The number of hydrogen-bond acceptors (Lipinski definition) is 5. The molecule has 2 aromatic carbocycles. The second-order valence-electron chi connectivity index (χ2n) is 11.5. The van der Waals surface area contributed by atoms with Gasteiger partial charge in [0.25, 0.3) is 5.91 Å². The van der Waals surface area contributed by atoms with Crippen molar-refractivity contribution in [1.29, 1.82) is 0 Å². The summed E-state index contributed by atoms with van der Waals surface area (Å²) in [6.45, 7) is 8.75. The summed E-state index contributed by atoms with van der Waals surface area (Å²) in [5.41, 5.74) is 5.06.